The minimum atomic E-state index is -1.50. The Hall–Kier alpha value is -1.67. The lowest BCUT2D eigenvalue weighted by Gasteiger charge is -2.12. The summed E-state index contributed by atoms with van der Waals surface area (Å²) in [7, 11) is 0. The van der Waals surface area contributed by atoms with Gasteiger partial charge < -0.3 is 25.0 Å². The largest absolute Gasteiger partial charge is 0.450 e. The first-order chi connectivity index (χ1) is 8.01. The molecule has 3 atom stereocenters. The summed E-state index contributed by atoms with van der Waals surface area (Å²) in [6.45, 7) is 0.924. The van der Waals surface area contributed by atoms with Crippen LogP contribution in [-0.4, -0.2) is 59.5 Å². The number of cyclic esters (lactones) is 1. The first-order valence-corrected chi connectivity index (χ1v) is 4.97. The number of carbonyl (C=O) groups is 3. The van der Waals surface area contributed by atoms with Gasteiger partial charge in [0.2, 0.25) is 5.78 Å². The number of hydrogen-bond acceptors (Lipinski definition) is 7. The van der Waals surface area contributed by atoms with Gasteiger partial charge in [0.25, 0.3) is 0 Å². The molecule has 0 aromatic heterocycles. The van der Waals surface area contributed by atoms with Crippen molar-refractivity contribution in [3.63, 3.8) is 0 Å². The van der Waals surface area contributed by atoms with Crippen LogP contribution >= 0.6 is 0 Å². The summed E-state index contributed by atoms with van der Waals surface area (Å²) in [4.78, 5) is 33.8. The van der Waals surface area contributed by atoms with Crippen molar-refractivity contribution in [1.29, 1.82) is 0 Å². The van der Waals surface area contributed by atoms with E-state index in [0.29, 0.717) is 0 Å². The molecule has 1 amide bonds. The molecule has 0 saturated carbocycles. The molecule has 3 unspecified atom stereocenters. The van der Waals surface area contributed by atoms with Crippen LogP contribution in [0.1, 0.15) is 6.92 Å². The van der Waals surface area contributed by atoms with Crippen molar-refractivity contribution in [2.45, 2.75) is 25.2 Å². The first-order valence-electron chi connectivity index (χ1n) is 4.97. The molecular weight excluding hydrogens is 234 g/mol. The molecule has 17 heavy (non-hydrogen) atoms. The molecule has 1 heterocycles. The average Bonchev–Trinajstić information content (AvgIpc) is 2.56. The van der Waals surface area contributed by atoms with Gasteiger partial charge in [-0.25, -0.2) is 9.59 Å². The fourth-order valence-corrected chi connectivity index (χ4v) is 1.32. The van der Waals surface area contributed by atoms with E-state index in [4.69, 9.17) is 5.11 Å². The number of carbonyl (C=O) groups excluding carboxylic acids is 3. The summed E-state index contributed by atoms with van der Waals surface area (Å²) in [6, 6.07) is -1.50. The number of aliphatic hydroxyl groups is 2. The number of amides is 1. The first kappa shape index (κ1) is 13.4. The quantitative estimate of drug-likeness (QED) is 0.386. The number of hydrogen-bond donors (Lipinski definition) is 3. The van der Waals surface area contributed by atoms with Gasteiger partial charge in [-0.15, -0.1) is 0 Å². The van der Waals surface area contributed by atoms with Crippen LogP contribution in [0, 0.1) is 0 Å². The predicted octanol–water partition coefficient (Wildman–Crippen LogP) is -2.05. The molecule has 0 aromatic rings. The van der Waals surface area contributed by atoms with E-state index in [-0.39, 0.29) is 6.61 Å². The molecule has 0 bridgehead atoms. The Balaban J connectivity index is 2.66. The summed E-state index contributed by atoms with van der Waals surface area (Å²) >= 11 is 0. The summed E-state index contributed by atoms with van der Waals surface area (Å²) in [5.74, 6) is -1.80. The monoisotopic (exact) mass is 247 g/mol. The standard InChI is InChI=1S/C9H13NO7/c1-2-16-9(15)10-5-6(13)7(4(12)3-11)17-8(5)14/h4-5,7,11-12H,2-3H2,1H3,(H,10,15). The van der Waals surface area contributed by atoms with E-state index >= 15 is 0 Å². The topological polar surface area (TPSA) is 122 Å². The molecule has 3 N–H and O–H groups in total. The van der Waals surface area contributed by atoms with Crippen LogP contribution in [0.25, 0.3) is 0 Å². The van der Waals surface area contributed by atoms with Crippen molar-refractivity contribution in [2.75, 3.05) is 13.2 Å². The van der Waals surface area contributed by atoms with Crippen LogP contribution in [0.4, 0.5) is 4.79 Å². The molecule has 0 aromatic carbocycles. The summed E-state index contributed by atoms with van der Waals surface area (Å²) in [5, 5.41) is 19.9. The Labute approximate surface area is 96.5 Å². The zero-order chi connectivity index (χ0) is 13.0. The van der Waals surface area contributed by atoms with E-state index < -0.39 is 42.7 Å². The molecule has 1 rings (SSSR count). The van der Waals surface area contributed by atoms with Crippen molar-refractivity contribution < 1.29 is 34.1 Å². The minimum Gasteiger partial charge on any atom is -0.450 e. The van der Waals surface area contributed by atoms with Crippen LogP contribution in [-0.2, 0) is 19.1 Å². The van der Waals surface area contributed by atoms with Crippen LogP contribution in [0.5, 0.6) is 0 Å². The van der Waals surface area contributed by atoms with E-state index in [1.165, 1.54) is 0 Å². The van der Waals surface area contributed by atoms with Crippen LogP contribution < -0.4 is 5.32 Å². The Morgan fingerprint density at radius 2 is 2.24 bits per heavy atom. The Kier molecular flexibility index (Phi) is 4.41. The van der Waals surface area contributed by atoms with Crippen molar-refractivity contribution in [2.24, 2.45) is 0 Å². The van der Waals surface area contributed by atoms with E-state index in [1.54, 1.807) is 6.92 Å². The number of aliphatic hydroxyl groups excluding tert-OH is 2. The lowest BCUT2D eigenvalue weighted by molar-refractivity contribution is -0.149. The number of ether oxygens (including phenoxy) is 2. The third-order valence-corrected chi connectivity index (χ3v) is 2.12. The van der Waals surface area contributed by atoms with Gasteiger partial charge in [-0.05, 0) is 6.92 Å². The normalized spacial score (nSPS) is 25.4. The number of esters is 1. The highest BCUT2D eigenvalue weighted by Gasteiger charge is 2.47. The van der Waals surface area contributed by atoms with Gasteiger partial charge in [0, 0.05) is 0 Å². The van der Waals surface area contributed by atoms with E-state index in [9.17, 15) is 19.5 Å². The van der Waals surface area contributed by atoms with Crippen LogP contribution in [0.15, 0.2) is 0 Å². The SMILES string of the molecule is CCOC(=O)NC1C(=O)OC(C(O)CO)C1=O. The fraction of sp³-hybridized carbons (Fsp3) is 0.667. The lowest BCUT2D eigenvalue weighted by Crippen LogP contribution is -2.45. The van der Waals surface area contributed by atoms with Gasteiger partial charge in [0.1, 0.15) is 6.10 Å². The molecule has 8 nitrogen and oxygen atoms in total. The molecule has 1 saturated heterocycles. The Morgan fingerprint density at radius 1 is 1.59 bits per heavy atom. The van der Waals surface area contributed by atoms with Crippen molar-refractivity contribution in [1.82, 2.24) is 5.32 Å². The zero-order valence-corrected chi connectivity index (χ0v) is 9.08. The maximum atomic E-state index is 11.6. The highest BCUT2D eigenvalue weighted by molar-refractivity contribution is 6.12. The summed E-state index contributed by atoms with van der Waals surface area (Å²) < 4.78 is 9.05. The molecule has 1 aliphatic rings. The number of alkyl carbamates (subject to hydrolysis) is 1. The minimum absolute atomic E-state index is 0.0878. The summed E-state index contributed by atoms with van der Waals surface area (Å²) in [6.07, 6.45) is -3.89. The zero-order valence-electron chi connectivity index (χ0n) is 9.08. The third-order valence-electron chi connectivity index (χ3n) is 2.12. The molecule has 0 spiro atoms. The van der Waals surface area contributed by atoms with Gasteiger partial charge in [-0.1, -0.05) is 0 Å². The van der Waals surface area contributed by atoms with Gasteiger partial charge >= 0.3 is 12.1 Å². The van der Waals surface area contributed by atoms with Gasteiger partial charge in [0.15, 0.2) is 12.1 Å². The number of nitrogens with one attached hydrogen (secondary N) is 1. The van der Waals surface area contributed by atoms with Crippen molar-refractivity contribution in [3.05, 3.63) is 0 Å². The van der Waals surface area contributed by atoms with Gasteiger partial charge in [-0.3, -0.25) is 4.79 Å². The number of rotatable bonds is 4. The maximum absolute atomic E-state index is 11.6. The molecule has 0 radical (unpaired) electrons. The van der Waals surface area contributed by atoms with E-state index in [0.717, 1.165) is 0 Å². The molecule has 0 aliphatic carbocycles. The van der Waals surface area contributed by atoms with Crippen LogP contribution in [0.2, 0.25) is 0 Å². The second-order valence-corrected chi connectivity index (χ2v) is 3.31. The molecule has 96 valence electrons. The average molecular weight is 247 g/mol. The van der Waals surface area contributed by atoms with Gasteiger partial charge in [-0.2, -0.15) is 0 Å². The highest BCUT2D eigenvalue weighted by Crippen LogP contribution is 2.14. The smallest absolute Gasteiger partial charge is 0.408 e. The van der Waals surface area contributed by atoms with Crippen LogP contribution in [0.3, 0.4) is 0 Å². The molecular formula is C9H13NO7. The molecule has 1 fully saturated rings. The third kappa shape index (κ3) is 2.92. The lowest BCUT2D eigenvalue weighted by atomic mass is 10.1. The second-order valence-electron chi connectivity index (χ2n) is 3.31. The van der Waals surface area contributed by atoms with Crippen molar-refractivity contribution >= 4 is 17.8 Å². The fourth-order valence-electron chi connectivity index (χ4n) is 1.32. The van der Waals surface area contributed by atoms with E-state index in [1.807, 2.05) is 5.32 Å². The van der Waals surface area contributed by atoms with Gasteiger partial charge in [0.05, 0.1) is 13.2 Å². The maximum Gasteiger partial charge on any atom is 0.408 e. The van der Waals surface area contributed by atoms with Crippen molar-refractivity contribution in [3.8, 4) is 0 Å². The molecule has 8 heteroatoms. The molecule has 1 aliphatic heterocycles. The Morgan fingerprint density at radius 3 is 2.76 bits per heavy atom. The number of ketones is 1. The Bertz CT molecular complexity index is 329. The number of Topliss-reactive ketones (excluding diaryl/α,β-unsaturated/α-hetero) is 1. The highest BCUT2D eigenvalue weighted by atomic mass is 16.6. The predicted molar refractivity (Wildman–Crippen MR) is 51.9 cm³/mol. The van der Waals surface area contributed by atoms with E-state index in [2.05, 4.69) is 9.47 Å². The second kappa shape index (κ2) is 5.60. The summed E-state index contributed by atoms with van der Waals surface area (Å²) in [5.41, 5.74) is 0.